The third-order valence-electron chi connectivity index (χ3n) is 4.00. The van der Waals surface area contributed by atoms with Crippen molar-refractivity contribution in [3.63, 3.8) is 0 Å². The van der Waals surface area contributed by atoms with Gasteiger partial charge >= 0.3 is 5.97 Å². The van der Waals surface area contributed by atoms with E-state index in [-0.39, 0.29) is 24.5 Å². The highest BCUT2D eigenvalue weighted by atomic mass is 35.5. The lowest BCUT2D eigenvalue weighted by molar-refractivity contribution is -0.940. The van der Waals surface area contributed by atoms with Crippen LogP contribution in [0.4, 0.5) is 0 Å². The van der Waals surface area contributed by atoms with E-state index < -0.39 is 0 Å². The maximum absolute atomic E-state index is 11.6. The predicted octanol–water partition coefficient (Wildman–Crippen LogP) is 0.555. The van der Waals surface area contributed by atoms with Crippen molar-refractivity contribution in [1.29, 1.82) is 0 Å². The van der Waals surface area contributed by atoms with E-state index in [4.69, 9.17) is 4.74 Å². The van der Waals surface area contributed by atoms with Gasteiger partial charge < -0.3 is 21.6 Å². The van der Waals surface area contributed by atoms with Crippen molar-refractivity contribution in [2.24, 2.45) is 0 Å². The molecule has 1 unspecified atom stereocenters. The summed E-state index contributed by atoms with van der Waals surface area (Å²) in [5.41, 5.74) is 1.77. The lowest BCUT2D eigenvalue weighted by atomic mass is 10.1. The molecule has 0 bridgehead atoms. The summed E-state index contributed by atoms with van der Waals surface area (Å²) < 4.78 is 6.37. The molecule has 0 radical (unpaired) electrons. The molecule has 0 fully saturated rings. The number of carbonyl (C=O) groups excluding carboxylic acids is 1. The molecule has 0 aliphatic heterocycles. The summed E-state index contributed by atoms with van der Waals surface area (Å²) in [4.78, 5) is 11.6. The molecule has 1 aromatic rings. The number of halogens is 1. The maximum Gasteiger partial charge on any atom is 0.333 e. The largest absolute Gasteiger partial charge is 1.00 e. The highest BCUT2D eigenvalue weighted by molar-refractivity contribution is 5.87. The maximum atomic E-state index is 11.6. The molecule has 1 rings (SSSR count). The van der Waals surface area contributed by atoms with E-state index in [0.29, 0.717) is 5.57 Å². The van der Waals surface area contributed by atoms with Gasteiger partial charge in [-0.05, 0) is 27.7 Å². The van der Waals surface area contributed by atoms with Crippen LogP contribution in [0.5, 0.6) is 0 Å². The predicted molar refractivity (Wildman–Crippen MR) is 86.7 cm³/mol. The Kier molecular flexibility index (Phi) is 9.07. The molecule has 0 aliphatic carbocycles. The lowest BCUT2D eigenvalue weighted by Crippen LogP contribution is -3.00. The normalized spacial score (nSPS) is 12.2. The second-order valence-corrected chi connectivity index (χ2v) is 5.80. The van der Waals surface area contributed by atoms with Crippen molar-refractivity contribution in [2.75, 3.05) is 19.6 Å². The first-order valence-corrected chi connectivity index (χ1v) is 7.68. The summed E-state index contributed by atoms with van der Waals surface area (Å²) in [5.74, 6) is -0.299. The van der Waals surface area contributed by atoms with Gasteiger partial charge in [0.25, 0.3) is 0 Å². The average molecular weight is 326 g/mol. The number of benzene rings is 1. The summed E-state index contributed by atoms with van der Waals surface area (Å²) in [6.07, 6.45) is -0.113. The summed E-state index contributed by atoms with van der Waals surface area (Å²) in [6.45, 7) is 15.5. The van der Waals surface area contributed by atoms with Crippen LogP contribution in [0.3, 0.4) is 0 Å². The Labute approximate surface area is 141 Å². The molecule has 0 aliphatic rings. The molecule has 0 saturated heterocycles. The van der Waals surface area contributed by atoms with Gasteiger partial charge in [-0.25, -0.2) is 4.79 Å². The molecule has 22 heavy (non-hydrogen) atoms. The number of carbonyl (C=O) groups is 1. The molecule has 0 heterocycles. The van der Waals surface area contributed by atoms with Gasteiger partial charge in [0.05, 0.1) is 13.1 Å². The van der Waals surface area contributed by atoms with E-state index in [9.17, 15) is 4.79 Å². The Hall–Kier alpha value is -1.32. The molecule has 0 saturated carbocycles. The molecule has 3 nitrogen and oxygen atoms in total. The zero-order valence-electron chi connectivity index (χ0n) is 14.1. The minimum atomic E-state index is -0.299. The molecule has 0 N–H and O–H groups in total. The fraction of sp³-hybridized carbons (Fsp3) is 0.500. The lowest BCUT2D eigenvalue weighted by Gasteiger charge is -2.38. The van der Waals surface area contributed by atoms with Crippen molar-refractivity contribution >= 4 is 5.97 Å². The zero-order valence-corrected chi connectivity index (χ0v) is 14.9. The second-order valence-electron chi connectivity index (χ2n) is 5.80. The van der Waals surface area contributed by atoms with Gasteiger partial charge in [0, 0.05) is 11.1 Å². The van der Waals surface area contributed by atoms with Crippen LogP contribution in [0.2, 0.25) is 0 Å². The van der Waals surface area contributed by atoms with Gasteiger partial charge in [0.1, 0.15) is 19.2 Å². The van der Waals surface area contributed by atoms with Gasteiger partial charge in [0.15, 0.2) is 0 Å². The average Bonchev–Trinajstić information content (AvgIpc) is 2.47. The molecule has 0 spiro atoms. The first kappa shape index (κ1) is 20.7. The second kappa shape index (κ2) is 9.65. The minimum absolute atomic E-state index is 0. The number of nitrogens with zero attached hydrogens (tertiary/aromatic N) is 1. The van der Waals surface area contributed by atoms with E-state index in [0.717, 1.165) is 30.7 Å². The Balaban J connectivity index is 0.00000441. The monoisotopic (exact) mass is 325 g/mol. The molecule has 0 aromatic heterocycles. The van der Waals surface area contributed by atoms with Crippen LogP contribution >= 0.6 is 0 Å². The van der Waals surface area contributed by atoms with Crippen LogP contribution < -0.4 is 12.4 Å². The SMILES string of the molecule is C=C(C)C(=O)OC(C)C[N+](CC)(CC)Cc1ccccc1.[Cl-]. The Morgan fingerprint density at radius 3 is 2.23 bits per heavy atom. The third kappa shape index (κ3) is 6.20. The highest BCUT2D eigenvalue weighted by Gasteiger charge is 2.28. The van der Waals surface area contributed by atoms with Gasteiger partial charge in [0.2, 0.25) is 0 Å². The van der Waals surface area contributed by atoms with E-state index in [2.05, 4.69) is 44.7 Å². The van der Waals surface area contributed by atoms with Crippen molar-refractivity contribution in [3.8, 4) is 0 Å². The van der Waals surface area contributed by atoms with Crippen molar-refractivity contribution in [2.45, 2.75) is 40.3 Å². The van der Waals surface area contributed by atoms with Crippen LogP contribution in [-0.2, 0) is 16.1 Å². The number of ether oxygens (including phenoxy) is 1. The number of esters is 1. The number of hydrogen-bond donors (Lipinski definition) is 0. The molecular formula is C18H28ClNO2. The standard InChI is InChI=1S/C18H28NO2.ClH/c1-6-19(7-2,14-17-11-9-8-10-12-17)13-16(5)21-18(20)15(3)4;/h8-12,16H,3,6-7,13-14H2,1-2,4-5H3;1H/q+1;/p-1. The van der Waals surface area contributed by atoms with Gasteiger partial charge in [-0.1, -0.05) is 36.9 Å². The molecule has 124 valence electrons. The molecule has 4 heteroatoms. The van der Waals surface area contributed by atoms with Crippen LogP contribution in [0.1, 0.15) is 33.3 Å². The summed E-state index contributed by atoms with van der Waals surface area (Å²) in [6, 6.07) is 10.5. The van der Waals surface area contributed by atoms with E-state index in [1.807, 2.05) is 13.0 Å². The Morgan fingerprint density at radius 1 is 1.23 bits per heavy atom. The zero-order chi connectivity index (χ0) is 15.9. The van der Waals surface area contributed by atoms with Crippen LogP contribution in [0, 0.1) is 0 Å². The minimum Gasteiger partial charge on any atom is -1.00 e. The molecular weight excluding hydrogens is 298 g/mol. The van der Waals surface area contributed by atoms with Crippen molar-refractivity contribution in [3.05, 3.63) is 48.0 Å². The van der Waals surface area contributed by atoms with Gasteiger partial charge in [-0.15, -0.1) is 0 Å². The topological polar surface area (TPSA) is 26.3 Å². The molecule has 1 aromatic carbocycles. The first-order valence-electron chi connectivity index (χ1n) is 7.68. The van der Waals surface area contributed by atoms with E-state index in [1.54, 1.807) is 6.92 Å². The van der Waals surface area contributed by atoms with Crippen LogP contribution in [0.15, 0.2) is 42.5 Å². The van der Waals surface area contributed by atoms with Crippen LogP contribution in [0.25, 0.3) is 0 Å². The number of quaternary nitrogens is 1. The highest BCUT2D eigenvalue weighted by Crippen LogP contribution is 2.17. The quantitative estimate of drug-likeness (QED) is 0.396. The van der Waals surface area contributed by atoms with Crippen molar-refractivity contribution in [1.82, 2.24) is 0 Å². The van der Waals surface area contributed by atoms with E-state index in [1.165, 1.54) is 5.56 Å². The number of likely N-dealkylation sites (N-methyl/N-ethyl adjacent to an activating group) is 1. The summed E-state index contributed by atoms with van der Waals surface area (Å²) in [7, 11) is 0. The summed E-state index contributed by atoms with van der Waals surface area (Å²) in [5, 5.41) is 0. The Bertz CT molecular complexity index is 469. The number of rotatable bonds is 8. The van der Waals surface area contributed by atoms with E-state index >= 15 is 0 Å². The fourth-order valence-corrected chi connectivity index (χ4v) is 2.61. The fourth-order valence-electron chi connectivity index (χ4n) is 2.61. The molecule has 1 atom stereocenters. The first-order chi connectivity index (χ1) is 9.92. The van der Waals surface area contributed by atoms with Crippen molar-refractivity contribution < 1.29 is 26.4 Å². The Morgan fingerprint density at radius 2 is 1.77 bits per heavy atom. The number of hydrogen-bond acceptors (Lipinski definition) is 2. The van der Waals surface area contributed by atoms with Gasteiger partial charge in [-0.3, -0.25) is 0 Å². The molecule has 0 amide bonds. The smallest absolute Gasteiger partial charge is 0.333 e. The third-order valence-corrected chi connectivity index (χ3v) is 4.00. The van der Waals surface area contributed by atoms with Gasteiger partial charge in [-0.2, -0.15) is 0 Å². The summed E-state index contributed by atoms with van der Waals surface area (Å²) >= 11 is 0. The van der Waals surface area contributed by atoms with Crippen LogP contribution in [-0.4, -0.2) is 36.2 Å².